The molecule has 0 aliphatic heterocycles. The van der Waals surface area contributed by atoms with E-state index in [2.05, 4.69) is 6.92 Å². The van der Waals surface area contributed by atoms with Crippen molar-refractivity contribution in [3.05, 3.63) is 0 Å². The van der Waals surface area contributed by atoms with Crippen molar-refractivity contribution in [2.45, 2.75) is 24.5 Å². The minimum atomic E-state index is 0.338. The van der Waals surface area contributed by atoms with Crippen molar-refractivity contribution in [1.82, 2.24) is 0 Å². The number of halogens is 1. The normalized spacial score (nSPS) is 14.1. The van der Waals surface area contributed by atoms with Crippen molar-refractivity contribution in [1.29, 1.82) is 0 Å². The van der Waals surface area contributed by atoms with Gasteiger partial charge in [-0.25, -0.2) is 0 Å². The monoisotopic (exact) mass is 138 g/mol. The lowest BCUT2D eigenvalue weighted by Gasteiger charge is -1.99. The SMILES string of the molecule is CCCC(Cl)SC. The molecule has 0 saturated heterocycles. The molecule has 0 aromatic rings. The van der Waals surface area contributed by atoms with Crippen molar-refractivity contribution >= 4 is 23.4 Å². The summed E-state index contributed by atoms with van der Waals surface area (Å²) in [5.41, 5.74) is 0. The highest BCUT2D eigenvalue weighted by Crippen LogP contribution is 2.15. The molecule has 0 rings (SSSR count). The van der Waals surface area contributed by atoms with E-state index in [0.29, 0.717) is 4.71 Å². The average molecular weight is 139 g/mol. The molecule has 0 aromatic heterocycles. The van der Waals surface area contributed by atoms with E-state index in [1.165, 1.54) is 6.42 Å². The van der Waals surface area contributed by atoms with E-state index >= 15 is 0 Å². The van der Waals surface area contributed by atoms with Gasteiger partial charge in [0.1, 0.15) is 0 Å². The summed E-state index contributed by atoms with van der Waals surface area (Å²) >= 11 is 7.44. The number of alkyl halides is 1. The predicted octanol–water partition coefficient (Wildman–Crippen LogP) is 2.71. The van der Waals surface area contributed by atoms with Crippen LogP contribution < -0.4 is 0 Å². The van der Waals surface area contributed by atoms with Crippen molar-refractivity contribution in [2.24, 2.45) is 0 Å². The fraction of sp³-hybridized carbons (Fsp3) is 1.00. The largest absolute Gasteiger partial charge is 0.146 e. The second kappa shape index (κ2) is 4.79. The summed E-state index contributed by atoms with van der Waals surface area (Å²) in [6.45, 7) is 2.14. The summed E-state index contributed by atoms with van der Waals surface area (Å²) in [5, 5.41) is 0. The highest BCUT2D eigenvalue weighted by molar-refractivity contribution is 8.00. The zero-order valence-corrected chi connectivity index (χ0v) is 6.35. The number of thioether (sulfide) groups is 1. The van der Waals surface area contributed by atoms with Gasteiger partial charge < -0.3 is 0 Å². The Hall–Kier alpha value is 0.640. The molecule has 2 heteroatoms. The molecule has 0 saturated carbocycles. The summed E-state index contributed by atoms with van der Waals surface area (Å²) in [6.07, 6.45) is 4.35. The van der Waals surface area contributed by atoms with Crippen LogP contribution in [0, 0.1) is 0 Å². The Labute approximate surface area is 54.6 Å². The van der Waals surface area contributed by atoms with Crippen LogP contribution in [0.15, 0.2) is 0 Å². The minimum Gasteiger partial charge on any atom is -0.146 e. The third kappa shape index (κ3) is 4.49. The summed E-state index contributed by atoms with van der Waals surface area (Å²) in [6, 6.07) is 0. The molecule has 0 radical (unpaired) electrons. The fourth-order valence-electron chi connectivity index (χ4n) is 0.345. The zero-order chi connectivity index (χ0) is 5.70. The van der Waals surface area contributed by atoms with Gasteiger partial charge in [0, 0.05) is 0 Å². The Morgan fingerprint density at radius 1 is 1.71 bits per heavy atom. The van der Waals surface area contributed by atoms with Gasteiger partial charge in [-0.2, -0.15) is 0 Å². The molecule has 0 aliphatic rings. The molecule has 0 N–H and O–H groups in total. The Morgan fingerprint density at radius 3 is 2.43 bits per heavy atom. The van der Waals surface area contributed by atoms with E-state index in [1.54, 1.807) is 11.8 Å². The van der Waals surface area contributed by atoms with Gasteiger partial charge in [-0.05, 0) is 12.7 Å². The van der Waals surface area contributed by atoms with Crippen LogP contribution in [-0.2, 0) is 0 Å². The summed E-state index contributed by atoms with van der Waals surface area (Å²) in [5.74, 6) is 0. The molecule has 0 heterocycles. The third-order valence-corrected chi connectivity index (χ3v) is 2.27. The molecule has 0 spiro atoms. The zero-order valence-electron chi connectivity index (χ0n) is 4.78. The molecule has 0 nitrogen and oxygen atoms in total. The van der Waals surface area contributed by atoms with E-state index in [0.717, 1.165) is 6.42 Å². The van der Waals surface area contributed by atoms with Crippen molar-refractivity contribution in [3.63, 3.8) is 0 Å². The van der Waals surface area contributed by atoms with E-state index in [4.69, 9.17) is 11.6 Å². The maximum atomic E-state index is 5.73. The molecule has 44 valence electrons. The molecule has 0 fully saturated rings. The van der Waals surface area contributed by atoms with Crippen LogP contribution in [0.3, 0.4) is 0 Å². The maximum absolute atomic E-state index is 5.73. The Morgan fingerprint density at radius 2 is 2.29 bits per heavy atom. The van der Waals surface area contributed by atoms with Gasteiger partial charge in [0.05, 0.1) is 4.71 Å². The van der Waals surface area contributed by atoms with Crippen molar-refractivity contribution in [2.75, 3.05) is 6.26 Å². The van der Waals surface area contributed by atoms with Crippen LogP contribution in [0.1, 0.15) is 19.8 Å². The van der Waals surface area contributed by atoms with Crippen LogP contribution in [-0.4, -0.2) is 11.0 Å². The lowest BCUT2D eigenvalue weighted by atomic mass is 10.4. The van der Waals surface area contributed by atoms with E-state index in [9.17, 15) is 0 Å². The van der Waals surface area contributed by atoms with Gasteiger partial charge in [-0.3, -0.25) is 0 Å². The second-order valence-corrected chi connectivity index (χ2v) is 3.26. The number of rotatable bonds is 3. The van der Waals surface area contributed by atoms with Gasteiger partial charge in [-0.15, -0.1) is 23.4 Å². The quantitative estimate of drug-likeness (QED) is 0.541. The van der Waals surface area contributed by atoms with E-state index in [1.807, 2.05) is 6.26 Å². The van der Waals surface area contributed by atoms with Gasteiger partial charge >= 0.3 is 0 Å². The van der Waals surface area contributed by atoms with Gasteiger partial charge in [0.15, 0.2) is 0 Å². The van der Waals surface area contributed by atoms with Crippen molar-refractivity contribution in [3.8, 4) is 0 Å². The lowest BCUT2D eigenvalue weighted by molar-refractivity contribution is 0.866. The van der Waals surface area contributed by atoms with Crippen molar-refractivity contribution < 1.29 is 0 Å². The van der Waals surface area contributed by atoms with E-state index < -0.39 is 0 Å². The topological polar surface area (TPSA) is 0 Å². The van der Waals surface area contributed by atoms with Crippen LogP contribution in [0.2, 0.25) is 0 Å². The molecule has 0 amide bonds. The number of hydrogen-bond donors (Lipinski definition) is 0. The number of hydrogen-bond acceptors (Lipinski definition) is 1. The fourth-order valence-corrected chi connectivity index (χ4v) is 1.03. The molecule has 1 unspecified atom stereocenters. The highest BCUT2D eigenvalue weighted by atomic mass is 35.5. The standard InChI is InChI=1S/C5H11ClS/c1-3-4-5(6)7-2/h5H,3-4H2,1-2H3. The summed E-state index contributed by atoms with van der Waals surface area (Å²) < 4.78 is 0.338. The maximum Gasteiger partial charge on any atom is 0.0786 e. The molecule has 0 aromatic carbocycles. The predicted molar refractivity (Wildman–Crippen MR) is 38.1 cm³/mol. The smallest absolute Gasteiger partial charge is 0.0786 e. The molecular weight excluding hydrogens is 128 g/mol. The molecule has 0 aliphatic carbocycles. The Bertz CT molecular complexity index is 39.1. The third-order valence-electron chi connectivity index (χ3n) is 0.771. The van der Waals surface area contributed by atoms with Gasteiger partial charge in [-0.1, -0.05) is 13.3 Å². The van der Waals surface area contributed by atoms with Crippen LogP contribution in [0.25, 0.3) is 0 Å². The second-order valence-electron chi connectivity index (χ2n) is 1.43. The molecule has 7 heavy (non-hydrogen) atoms. The first kappa shape index (κ1) is 7.64. The van der Waals surface area contributed by atoms with Crippen LogP contribution in [0.5, 0.6) is 0 Å². The first-order valence-corrected chi connectivity index (χ1v) is 4.20. The van der Waals surface area contributed by atoms with Crippen LogP contribution in [0.4, 0.5) is 0 Å². The average Bonchev–Trinajstić information content (AvgIpc) is 1.68. The minimum absolute atomic E-state index is 0.338. The van der Waals surface area contributed by atoms with E-state index in [-0.39, 0.29) is 0 Å². The molecule has 0 bridgehead atoms. The summed E-state index contributed by atoms with van der Waals surface area (Å²) in [7, 11) is 0. The first-order chi connectivity index (χ1) is 3.31. The lowest BCUT2D eigenvalue weighted by Crippen LogP contribution is -1.86. The van der Waals surface area contributed by atoms with Crippen LogP contribution >= 0.6 is 23.4 Å². The Kier molecular flexibility index (Phi) is 5.23. The Balaban J connectivity index is 2.83. The molecular formula is C5H11ClS. The molecule has 1 atom stereocenters. The summed E-state index contributed by atoms with van der Waals surface area (Å²) in [4.78, 5) is 0. The first-order valence-electron chi connectivity index (χ1n) is 2.48. The van der Waals surface area contributed by atoms with Gasteiger partial charge in [0.25, 0.3) is 0 Å². The highest BCUT2D eigenvalue weighted by Gasteiger charge is 1.95. The van der Waals surface area contributed by atoms with Gasteiger partial charge in [0.2, 0.25) is 0 Å².